The SMILES string of the molecule is Cc1nc(NC(=O)N2CCC[C@H]2C(N)=O)sc1-c1cc(Cl)c2c(c1)CN(C(C)C1CC1)C2=O. The van der Waals surface area contributed by atoms with Gasteiger partial charge in [-0.1, -0.05) is 22.9 Å². The van der Waals surface area contributed by atoms with Gasteiger partial charge in [-0.05, 0) is 68.7 Å². The lowest BCUT2D eigenvalue weighted by atomic mass is 10.0. The summed E-state index contributed by atoms with van der Waals surface area (Å²) in [4.78, 5) is 46.1. The first kappa shape index (κ1) is 22.2. The first-order chi connectivity index (χ1) is 15.7. The van der Waals surface area contributed by atoms with Crippen LogP contribution < -0.4 is 11.1 Å². The second-order valence-corrected chi connectivity index (χ2v) is 10.5. The molecular weight excluding hydrogens is 462 g/mol. The fourth-order valence-corrected chi connectivity index (χ4v) is 6.17. The van der Waals surface area contributed by atoms with Gasteiger partial charge in [0.15, 0.2) is 5.13 Å². The molecule has 4 amide bonds. The number of carbonyl (C=O) groups is 3. The molecule has 1 unspecified atom stereocenters. The summed E-state index contributed by atoms with van der Waals surface area (Å²) in [6, 6.07) is 3.07. The maximum absolute atomic E-state index is 13.0. The van der Waals surface area contributed by atoms with E-state index in [1.54, 1.807) is 6.07 Å². The fraction of sp³-hybridized carbons (Fsp3) is 0.478. The maximum atomic E-state index is 13.0. The van der Waals surface area contributed by atoms with E-state index in [-0.39, 0.29) is 18.0 Å². The van der Waals surface area contributed by atoms with Gasteiger partial charge in [-0.15, -0.1) is 0 Å². The molecule has 2 fully saturated rings. The van der Waals surface area contributed by atoms with Crippen LogP contribution in [-0.4, -0.2) is 51.3 Å². The zero-order valence-corrected chi connectivity index (χ0v) is 20.1. The number of nitrogens with two attached hydrogens (primary N) is 1. The van der Waals surface area contributed by atoms with Crippen LogP contribution in [0.15, 0.2) is 12.1 Å². The predicted molar refractivity (Wildman–Crippen MR) is 127 cm³/mol. The summed E-state index contributed by atoms with van der Waals surface area (Å²) in [5, 5.41) is 3.69. The first-order valence-corrected chi connectivity index (χ1v) is 12.4. The number of primary amides is 1. The number of aromatic nitrogens is 1. The third kappa shape index (κ3) is 3.97. The van der Waals surface area contributed by atoms with Crippen LogP contribution in [0.3, 0.4) is 0 Å². The van der Waals surface area contributed by atoms with Crippen LogP contribution in [0, 0.1) is 12.8 Å². The molecule has 2 atom stereocenters. The molecule has 33 heavy (non-hydrogen) atoms. The maximum Gasteiger partial charge on any atom is 0.324 e. The van der Waals surface area contributed by atoms with Crippen molar-refractivity contribution in [2.75, 3.05) is 11.9 Å². The van der Waals surface area contributed by atoms with Crippen molar-refractivity contribution >= 4 is 45.9 Å². The summed E-state index contributed by atoms with van der Waals surface area (Å²) >= 11 is 7.92. The van der Waals surface area contributed by atoms with Crippen LogP contribution in [0.25, 0.3) is 10.4 Å². The Morgan fingerprint density at radius 1 is 1.30 bits per heavy atom. The van der Waals surface area contributed by atoms with Crippen molar-refractivity contribution in [2.45, 2.75) is 58.2 Å². The number of nitrogens with zero attached hydrogens (tertiary/aromatic N) is 3. The number of likely N-dealkylation sites (tertiary alicyclic amines) is 1. The highest BCUT2D eigenvalue weighted by molar-refractivity contribution is 7.19. The third-order valence-corrected chi connectivity index (χ3v) is 8.32. The molecule has 3 heterocycles. The van der Waals surface area contributed by atoms with E-state index >= 15 is 0 Å². The number of rotatable bonds is 5. The predicted octanol–water partition coefficient (Wildman–Crippen LogP) is 4.01. The van der Waals surface area contributed by atoms with Crippen LogP contribution >= 0.6 is 22.9 Å². The Hall–Kier alpha value is -2.65. The van der Waals surface area contributed by atoms with Gasteiger partial charge in [-0.3, -0.25) is 14.9 Å². The van der Waals surface area contributed by atoms with Crippen molar-refractivity contribution in [1.29, 1.82) is 0 Å². The zero-order chi connectivity index (χ0) is 23.4. The highest BCUT2D eigenvalue weighted by atomic mass is 35.5. The lowest BCUT2D eigenvalue weighted by Gasteiger charge is -2.23. The summed E-state index contributed by atoms with van der Waals surface area (Å²) in [5.74, 6) is 0.0942. The highest BCUT2D eigenvalue weighted by Gasteiger charge is 2.39. The Balaban J connectivity index is 1.38. The topological polar surface area (TPSA) is 109 Å². The van der Waals surface area contributed by atoms with Gasteiger partial charge in [0.1, 0.15) is 6.04 Å². The standard InChI is InChI=1S/C23H26ClN5O3S/c1-11-19(33-22(26-11)27-23(32)28-7-3-4-17(28)20(25)30)14-8-15-10-29(12(2)13-5-6-13)21(31)18(15)16(24)9-14/h8-9,12-13,17H,3-7,10H2,1-2H3,(H2,25,30)(H,26,27,32)/t12?,17-/m0/s1. The van der Waals surface area contributed by atoms with Crippen LogP contribution in [0.5, 0.6) is 0 Å². The molecule has 0 radical (unpaired) electrons. The summed E-state index contributed by atoms with van der Waals surface area (Å²) in [5.41, 5.74) is 8.58. The average Bonchev–Trinajstić information content (AvgIpc) is 3.21. The van der Waals surface area contributed by atoms with Crippen LogP contribution in [0.2, 0.25) is 5.02 Å². The molecule has 1 saturated heterocycles. The minimum Gasteiger partial charge on any atom is -0.368 e. The van der Waals surface area contributed by atoms with Gasteiger partial charge in [0, 0.05) is 19.1 Å². The van der Waals surface area contributed by atoms with Crippen molar-refractivity contribution in [3.63, 3.8) is 0 Å². The largest absolute Gasteiger partial charge is 0.368 e. The van der Waals surface area contributed by atoms with E-state index in [9.17, 15) is 14.4 Å². The number of anilines is 1. The molecule has 0 bridgehead atoms. The number of hydrogen-bond acceptors (Lipinski definition) is 5. The molecular formula is C23H26ClN5O3S. The molecule has 174 valence electrons. The van der Waals surface area contributed by atoms with E-state index in [1.165, 1.54) is 29.1 Å². The lowest BCUT2D eigenvalue weighted by Crippen LogP contribution is -2.45. The minimum atomic E-state index is -0.584. The van der Waals surface area contributed by atoms with Crippen LogP contribution in [-0.2, 0) is 11.3 Å². The van der Waals surface area contributed by atoms with E-state index in [0.29, 0.717) is 41.1 Å². The molecule has 5 rings (SSSR count). The van der Waals surface area contributed by atoms with E-state index in [2.05, 4.69) is 17.2 Å². The third-order valence-electron chi connectivity index (χ3n) is 6.90. The van der Waals surface area contributed by atoms with Crippen molar-refractivity contribution in [1.82, 2.24) is 14.8 Å². The number of carbonyl (C=O) groups excluding carboxylic acids is 3. The molecule has 3 N–H and O–H groups in total. The Kier molecular flexibility index (Phi) is 5.56. The van der Waals surface area contributed by atoms with Gasteiger partial charge in [-0.25, -0.2) is 9.78 Å². The molecule has 1 saturated carbocycles. The fourth-order valence-electron chi connectivity index (χ4n) is 4.91. The first-order valence-electron chi connectivity index (χ1n) is 11.2. The lowest BCUT2D eigenvalue weighted by molar-refractivity contribution is -0.121. The molecule has 3 aliphatic rings. The summed E-state index contributed by atoms with van der Waals surface area (Å²) < 4.78 is 0. The summed E-state index contributed by atoms with van der Waals surface area (Å²) in [6.07, 6.45) is 3.67. The molecule has 10 heteroatoms. The normalized spacial score (nSPS) is 20.8. The number of aryl methyl sites for hydroxylation is 1. The second-order valence-electron chi connectivity index (χ2n) is 9.12. The van der Waals surface area contributed by atoms with Gasteiger partial charge < -0.3 is 15.5 Å². The van der Waals surface area contributed by atoms with E-state index < -0.39 is 11.9 Å². The Morgan fingerprint density at radius 3 is 2.76 bits per heavy atom. The summed E-state index contributed by atoms with van der Waals surface area (Å²) in [6.45, 7) is 5.03. The van der Waals surface area contributed by atoms with E-state index in [1.807, 2.05) is 17.9 Å². The number of urea groups is 1. The number of hydrogen-bond donors (Lipinski definition) is 2. The second kappa shape index (κ2) is 8.29. The Bertz CT molecular complexity index is 1160. The molecule has 8 nitrogen and oxygen atoms in total. The minimum absolute atomic E-state index is 0.00421. The number of benzene rings is 1. The van der Waals surface area contributed by atoms with Gasteiger partial charge >= 0.3 is 6.03 Å². The van der Waals surface area contributed by atoms with Crippen molar-refractivity contribution in [3.8, 4) is 10.4 Å². The highest BCUT2D eigenvalue weighted by Crippen LogP contribution is 2.42. The number of halogens is 1. The number of thiazole rings is 1. The molecule has 2 aliphatic heterocycles. The molecule has 0 spiro atoms. The van der Waals surface area contributed by atoms with Crippen LogP contribution in [0.1, 0.15) is 54.2 Å². The van der Waals surface area contributed by atoms with Gasteiger partial charge in [0.2, 0.25) is 5.91 Å². The molecule has 2 aromatic rings. The smallest absolute Gasteiger partial charge is 0.324 e. The van der Waals surface area contributed by atoms with Crippen molar-refractivity contribution in [2.24, 2.45) is 11.7 Å². The average molecular weight is 488 g/mol. The van der Waals surface area contributed by atoms with Crippen molar-refractivity contribution in [3.05, 3.63) is 34.0 Å². The van der Waals surface area contributed by atoms with Crippen LogP contribution in [0.4, 0.5) is 9.93 Å². The quantitative estimate of drug-likeness (QED) is 0.664. The number of amides is 4. The zero-order valence-electron chi connectivity index (χ0n) is 18.6. The Morgan fingerprint density at radius 2 is 2.06 bits per heavy atom. The van der Waals surface area contributed by atoms with Gasteiger partial charge in [0.25, 0.3) is 5.91 Å². The molecule has 1 aromatic carbocycles. The van der Waals surface area contributed by atoms with Gasteiger partial charge in [0.05, 0.1) is 21.2 Å². The Labute approximate surface area is 201 Å². The number of fused-ring (bicyclic) bond motifs is 1. The monoisotopic (exact) mass is 487 g/mol. The number of nitrogens with one attached hydrogen (secondary N) is 1. The summed E-state index contributed by atoms with van der Waals surface area (Å²) in [7, 11) is 0. The van der Waals surface area contributed by atoms with E-state index in [4.69, 9.17) is 17.3 Å². The molecule has 1 aliphatic carbocycles. The van der Waals surface area contributed by atoms with Crippen molar-refractivity contribution < 1.29 is 14.4 Å². The molecule has 1 aromatic heterocycles. The van der Waals surface area contributed by atoms with E-state index in [0.717, 1.165) is 28.1 Å². The van der Waals surface area contributed by atoms with Gasteiger partial charge in [-0.2, -0.15) is 0 Å².